The third kappa shape index (κ3) is 3.62. The van der Waals surface area contributed by atoms with E-state index in [2.05, 4.69) is 14.8 Å². The van der Waals surface area contributed by atoms with Gasteiger partial charge in [-0.05, 0) is 37.1 Å². The molecule has 0 radical (unpaired) electrons. The van der Waals surface area contributed by atoms with Crippen molar-refractivity contribution in [3.05, 3.63) is 58.3 Å². The number of amides is 1. The molecule has 28 heavy (non-hydrogen) atoms. The fourth-order valence-electron chi connectivity index (χ4n) is 3.88. The molecule has 0 spiro atoms. The number of anilines is 2. The number of piperazine rings is 1. The van der Waals surface area contributed by atoms with Gasteiger partial charge < -0.3 is 14.7 Å². The molecule has 2 aliphatic rings. The summed E-state index contributed by atoms with van der Waals surface area (Å²) in [6, 6.07) is 10.8. The minimum Gasteiger partial charge on any atom is -0.368 e. The number of carbonyl (C=O) groups excluding carboxylic acids is 1. The molecule has 146 valence electrons. The van der Waals surface area contributed by atoms with Crippen LogP contribution < -0.4 is 9.80 Å². The van der Waals surface area contributed by atoms with E-state index in [1.165, 1.54) is 6.07 Å². The second kappa shape index (κ2) is 7.84. The van der Waals surface area contributed by atoms with Crippen LogP contribution in [0, 0.1) is 10.1 Å². The average molecular weight is 381 g/mol. The number of nitro benzene ring substituents is 1. The van der Waals surface area contributed by atoms with Gasteiger partial charge in [-0.1, -0.05) is 6.07 Å². The normalized spacial score (nSPS) is 17.1. The number of hydrogen-bond acceptors (Lipinski definition) is 6. The van der Waals surface area contributed by atoms with Gasteiger partial charge in [0.05, 0.1) is 4.92 Å². The zero-order valence-corrected chi connectivity index (χ0v) is 15.7. The zero-order chi connectivity index (χ0) is 19.5. The van der Waals surface area contributed by atoms with Gasteiger partial charge in [0.2, 0.25) is 0 Å². The Kier molecular flexibility index (Phi) is 5.10. The van der Waals surface area contributed by atoms with Crippen molar-refractivity contribution >= 4 is 23.1 Å². The summed E-state index contributed by atoms with van der Waals surface area (Å²) in [7, 11) is 0. The number of rotatable bonds is 4. The lowest BCUT2D eigenvalue weighted by Crippen LogP contribution is -2.46. The minimum atomic E-state index is -0.466. The van der Waals surface area contributed by atoms with Crippen molar-refractivity contribution in [1.82, 2.24) is 9.88 Å². The minimum absolute atomic E-state index is 0.118. The number of hydrogen-bond donors (Lipinski definition) is 0. The molecule has 1 aromatic carbocycles. The second-order valence-corrected chi connectivity index (χ2v) is 7.12. The maximum absolute atomic E-state index is 12.8. The topological polar surface area (TPSA) is 82.8 Å². The van der Waals surface area contributed by atoms with Crippen LogP contribution in [-0.2, 0) is 0 Å². The Hall–Kier alpha value is -3.16. The number of likely N-dealkylation sites (tertiary alicyclic amines) is 1. The first-order valence-corrected chi connectivity index (χ1v) is 9.62. The van der Waals surface area contributed by atoms with Crippen molar-refractivity contribution in [2.75, 3.05) is 49.1 Å². The lowest BCUT2D eigenvalue weighted by atomic mass is 10.1. The molecule has 4 rings (SSSR count). The van der Waals surface area contributed by atoms with Crippen LogP contribution >= 0.6 is 0 Å². The first-order chi connectivity index (χ1) is 13.6. The number of benzene rings is 1. The van der Waals surface area contributed by atoms with Crippen LogP contribution in [0.1, 0.15) is 23.2 Å². The largest absolute Gasteiger partial charge is 0.368 e. The zero-order valence-electron chi connectivity index (χ0n) is 15.7. The summed E-state index contributed by atoms with van der Waals surface area (Å²) in [6.07, 6.45) is 3.69. The number of nitro groups is 1. The molecule has 1 amide bonds. The lowest BCUT2D eigenvalue weighted by Gasteiger charge is -2.36. The molecule has 0 bridgehead atoms. The highest BCUT2D eigenvalue weighted by Crippen LogP contribution is 2.28. The van der Waals surface area contributed by atoms with Crippen LogP contribution in [0.25, 0.3) is 0 Å². The van der Waals surface area contributed by atoms with E-state index in [-0.39, 0.29) is 17.2 Å². The molecule has 2 fully saturated rings. The van der Waals surface area contributed by atoms with E-state index >= 15 is 0 Å². The maximum atomic E-state index is 12.8. The maximum Gasteiger partial charge on any atom is 0.282 e. The van der Waals surface area contributed by atoms with Crippen LogP contribution in [-0.4, -0.2) is 60.0 Å². The van der Waals surface area contributed by atoms with Gasteiger partial charge in [0.15, 0.2) is 0 Å². The fraction of sp³-hybridized carbons (Fsp3) is 0.400. The van der Waals surface area contributed by atoms with Gasteiger partial charge in [-0.25, -0.2) is 4.98 Å². The SMILES string of the molecule is O=C(c1cc(N2CCN(c3ccccn3)CC2)ccc1[N+](=O)[O-])N1CCCC1. The molecule has 8 heteroatoms. The summed E-state index contributed by atoms with van der Waals surface area (Å²) < 4.78 is 0. The molecule has 2 aromatic rings. The summed E-state index contributed by atoms with van der Waals surface area (Å²) in [5.74, 6) is 0.717. The molecule has 2 saturated heterocycles. The van der Waals surface area contributed by atoms with E-state index in [1.807, 2.05) is 18.2 Å². The van der Waals surface area contributed by atoms with E-state index in [0.717, 1.165) is 50.5 Å². The van der Waals surface area contributed by atoms with Crippen molar-refractivity contribution in [2.45, 2.75) is 12.8 Å². The standard InChI is InChI=1S/C20H23N5O3/c26-20(24-9-3-4-10-24)17-15-16(6-7-18(17)25(27)28)22-11-13-23(14-12-22)19-5-1-2-8-21-19/h1-2,5-8,15H,3-4,9-14H2. The highest BCUT2D eigenvalue weighted by atomic mass is 16.6. The van der Waals surface area contributed by atoms with Crippen molar-refractivity contribution in [3.8, 4) is 0 Å². The molecule has 3 heterocycles. The molecule has 0 unspecified atom stereocenters. The van der Waals surface area contributed by atoms with Crippen LogP contribution in [0.5, 0.6) is 0 Å². The highest BCUT2D eigenvalue weighted by Gasteiger charge is 2.28. The Balaban J connectivity index is 1.53. The van der Waals surface area contributed by atoms with Gasteiger partial charge in [-0.2, -0.15) is 0 Å². The highest BCUT2D eigenvalue weighted by molar-refractivity contribution is 5.99. The smallest absolute Gasteiger partial charge is 0.282 e. The predicted molar refractivity (Wildman–Crippen MR) is 107 cm³/mol. The lowest BCUT2D eigenvalue weighted by molar-refractivity contribution is -0.385. The van der Waals surface area contributed by atoms with E-state index in [9.17, 15) is 14.9 Å². The summed E-state index contributed by atoms with van der Waals surface area (Å²) >= 11 is 0. The van der Waals surface area contributed by atoms with Crippen molar-refractivity contribution in [2.24, 2.45) is 0 Å². The molecular weight excluding hydrogens is 358 g/mol. The molecule has 0 N–H and O–H groups in total. The van der Waals surface area contributed by atoms with Crippen molar-refractivity contribution in [1.29, 1.82) is 0 Å². The van der Waals surface area contributed by atoms with Gasteiger partial charge >= 0.3 is 0 Å². The molecule has 0 aliphatic carbocycles. The van der Waals surface area contributed by atoms with Crippen molar-refractivity contribution in [3.63, 3.8) is 0 Å². The van der Waals surface area contributed by atoms with Gasteiger partial charge in [0.25, 0.3) is 11.6 Å². The second-order valence-electron chi connectivity index (χ2n) is 7.12. The predicted octanol–water partition coefficient (Wildman–Crippen LogP) is 2.55. The quantitative estimate of drug-likeness (QED) is 0.598. The first kappa shape index (κ1) is 18.2. The van der Waals surface area contributed by atoms with Gasteiger partial charge in [-0.3, -0.25) is 14.9 Å². The Morgan fingerprint density at radius 3 is 2.32 bits per heavy atom. The van der Waals surface area contributed by atoms with Gasteiger partial charge in [0, 0.05) is 57.2 Å². The number of aromatic nitrogens is 1. The van der Waals surface area contributed by atoms with Gasteiger partial charge in [-0.15, -0.1) is 0 Å². The molecule has 0 saturated carbocycles. The van der Waals surface area contributed by atoms with Crippen LogP contribution in [0.3, 0.4) is 0 Å². The Labute approximate surface area is 163 Å². The summed E-state index contributed by atoms with van der Waals surface area (Å²) in [5.41, 5.74) is 0.929. The van der Waals surface area contributed by atoms with E-state index in [4.69, 9.17) is 0 Å². The van der Waals surface area contributed by atoms with Gasteiger partial charge in [0.1, 0.15) is 11.4 Å². The van der Waals surface area contributed by atoms with E-state index < -0.39 is 4.92 Å². The van der Waals surface area contributed by atoms with Crippen LogP contribution in [0.2, 0.25) is 0 Å². The third-order valence-electron chi connectivity index (χ3n) is 5.42. The molecule has 1 aromatic heterocycles. The fourth-order valence-corrected chi connectivity index (χ4v) is 3.88. The summed E-state index contributed by atoms with van der Waals surface area (Å²) in [4.78, 5) is 34.3. The summed E-state index contributed by atoms with van der Waals surface area (Å²) in [6.45, 7) is 4.50. The Morgan fingerprint density at radius 1 is 0.964 bits per heavy atom. The average Bonchev–Trinajstić information content (AvgIpc) is 3.28. The first-order valence-electron chi connectivity index (χ1n) is 9.62. The van der Waals surface area contributed by atoms with Crippen LogP contribution in [0.4, 0.5) is 17.2 Å². The summed E-state index contributed by atoms with van der Waals surface area (Å²) in [5, 5.41) is 11.4. The number of nitrogens with zero attached hydrogens (tertiary/aromatic N) is 5. The Bertz CT molecular complexity index is 859. The Morgan fingerprint density at radius 2 is 1.68 bits per heavy atom. The number of pyridine rings is 1. The van der Waals surface area contributed by atoms with E-state index in [0.29, 0.717) is 13.1 Å². The van der Waals surface area contributed by atoms with Crippen molar-refractivity contribution < 1.29 is 9.72 Å². The third-order valence-corrected chi connectivity index (χ3v) is 5.42. The van der Waals surface area contributed by atoms with E-state index in [1.54, 1.807) is 23.2 Å². The molecule has 2 aliphatic heterocycles. The molecule has 0 atom stereocenters. The molecular formula is C20H23N5O3. The molecule has 8 nitrogen and oxygen atoms in total. The monoisotopic (exact) mass is 381 g/mol. The van der Waals surface area contributed by atoms with Crippen LogP contribution in [0.15, 0.2) is 42.6 Å². The number of carbonyl (C=O) groups is 1.